The lowest BCUT2D eigenvalue weighted by atomic mass is 10.9. The van der Waals surface area contributed by atoms with E-state index in [-0.39, 0.29) is 5.95 Å². The van der Waals surface area contributed by atoms with Gasteiger partial charge in [0, 0.05) is 0 Å². The lowest BCUT2D eigenvalue weighted by Crippen LogP contribution is -2.10. The highest BCUT2D eigenvalue weighted by molar-refractivity contribution is 5.79. The molecule has 1 amide bonds. The molecule has 0 aliphatic carbocycles. The molecule has 0 aliphatic heterocycles. The van der Waals surface area contributed by atoms with Gasteiger partial charge in [0.25, 0.3) is 0 Å². The molecule has 1 rings (SSSR count). The topological polar surface area (TPSA) is 88.0 Å². The van der Waals surface area contributed by atoms with Crippen LogP contribution in [0.4, 0.5) is 10.7 Å². The Kier molecular flexibility index (Phi) is 1.74. The van der Waals surface area contributed by atoms with Crippen molar-refractivity contribution in [3.05, 3.63) is 12.7 Å². The minimum absolute atomic E-state index is 0.0301. The third-order valence-electron chi connectivity index (χ3n) is 0.712. The molecule has 0 radical (unpaired) electrons. The first-order valence-electron chi connectivity index (χ1n) is 2.41. The zero-order valence-corrected chi connectivity index (χ0v) is 4.85. The Morgan fingerprint density at radius 3 is 2.60 bits per heavy atom. The molecule has 6 nitrogen and oxygen atoms in total. The van der Waals surface area contributed by atoms with Crippen molar-refractivity contribution in [2.24, 2.45) is 0 Å². The van der Waals surface area contributed by atoms with Gasteiger partial charge in [-0.2, -0.15) is 0 Å². The van der Waals surface area contributed by atoms with E-state index in [4.69, 9.17) is 5.11 Å². The van der Waals surface area contributed by atoms with Crippen LogP contribution in [0.2, 0.25) is 0 Å². The molecule has 10 heavy (non-hydrogen) atoms. The molecule has 52 valence electrons. The molecule has 1 aromatic rings. The Hall–Kier alpha value is -1.72. The van der Waals surface area contributed by atoms with Crippen molar-refractivity contribution in [2.75, 3.05) is 5.32 Å². The molecular formula is C4H4N4O2. The van der Waals surface area contributed by atoms with Crippen LogP contribution in [0.1, 0.15) is 0 Å². The van der Waals surface area contributed by atoms with Crippen LogP contribution < -0.4 is 5.32 Å². The zero-order chi connectivity index (χ0) is 7.40. The summed E-state index contributed by atoms with van der Waals surface area (Å²) in [5, 5.41) is 10.1. The molecule has 0 atom stereocenters. The largest absolute Gasteiger partial charge is 0.465 e. The Morgan fingerprint density at radius 1 is 1.50 bits per heavy atom. The second-order valence-corrected chi connectivity index (χ2v) is 1.39. The van der Waals surface area contributed by atoms with E-state index >= 15 is 0 Å². The summed E-state index contributed by atoms with van der Waals surface area (Å²) < 4.78 is 0. The summed E-state index contributed by atoms with van der Waals surface area (Å²) in [4.78, 5) is 20.5. The molecule has 1 heterocycles. The third kappa shape index (κ3) is 1.66. The Bertz CT molecular complexity index is 224. The van der Waals surface area contributed by atoms with E-state index in [2.05, 4.69) is 15.0 Å². The van der Waals surface area contributed by atoms with Crippen LogP contribution in [0, 0.1) is 0 Å². The molecular weight excluding hydrogens is 136 g/mol. The van der Waals surface area contributed by atoms with E-state index in [1.165, 1.54) is 12.7 Å². The molecule has 6 heteroatoms. The molecule has 0 aromatic carbocycles. The van der Waals surface area contributed by atoms with E-state index in [0.717, 1.165) is 0 Å². The monoisotopic (exact) mass is 140 g/mol. The van der Waals surface area contributed by atoms with Gasteiger partial charge in [-0.05, 0) is 0 Å². The van der Waals surface area contributed by atoms with Crippen LogP contribution in [0.15, 0.2) is 12.7 Å². The van der Waals surface area contributed by atoms with Crippen LogP contribution in [0.25, 0.3) is 0 Å². The number of nitrogens with zero attached hydrogens (tertiary/aromatic N) is 3. The van der Waals surface area contributed by atoms with Gasteiger partial charge < -0.3 is 5.11 Å². The Labute approximate surface area is 56.0 Å². The van der Waals surface area contributed by atoms with Gasteiger partial charge in [0.2, 0.25) is 5.95 Å². The summed E-state index contributed by atoms with van der Waals surface area (Å²) in [5.41, 5.74) is 0. The predicted molar refractivity (Wildman–Crippen MR) is 31.5 cm³/mol. The predicted octanol–water partition coefficient (Wildman–Crippen LogP) is -0.0385. The molecule has 0 unspecified atom stereocenters. The van der Waals surface area contributed by atoms with Crippen LogP contribution >= 0.6 is 0 Å². The van der Waals surface area contributed by atoms with Crippen LogP contribution in [-0.4, -0.2) is 26.2 Å². The highest BCUT2D eigenvalue weighted by atomic mass is 16.4. The zero-order valence-electron chi connectivity index (χ0n) is 4.85. The fourth-order valence-corrected chi connectivity index (χ4v) is 0.399. The maximum absolute atomic E-state index is 9.96. The third-order valence-corrected chi connectivity index (χ3v) is 0.712. The van der Waals surface area contributed by atoms with Crippen LogP contribution in [0.3, 0.4) is 0 Å². The fraction of sp³-hybridized carbons (Fsp3) is 0. The van der Waals surface area contributed by atoms with Gasteiger partial charge in [-0.1, -0.05) is 0 Å². The molecule has 0 saturated heterocycles. The minimum atomic E-state index is -1.19. The number of carbonyl (C=O) groups is 1. The first kappa shape index (κ1) is 6.40. The maximum atomic E-state index is 9.96. The molecule has 0 bridgehead atoms. The van der Waals surface area contributed by atoms with Crippen LogP contribution in [-0.2, 0) is 0 Å². The number of aromatic nitrogens is 3. The first-order valence-corrected chi connectivity index (χ1v) is 2.41. The molecule has 0 fully saturated rings. The van der Waals surface area contributed by atoms with E-state index in [1.807, 2.05) is 5.32 Å². The second-order valence-electron chi connectivity index (χ2n) is 1.39. The van der Waals surface area contributed by atoms with Crippen LogP contribution in [0.5, 0.6) is 0 Å². The molecule has 0 aliphatic rings. The van der Waals surface area contributed by atoms with Crippen molar-refractivity contribution in [1.82, 2.24) is 15.0 Å². The quantitative estimate of drug-likeness (QED) is 0.571. The number of anilines is 1. The van der Waals surface area contributed by atoms with E-state index in [0.29, 0.717) is 0 Å². The van der Waals surface area contributed by atoms with Gasteiger partial charge >= 0.3 is 6.09 Å². The maximum Gasteiger partial charge on any atom is 0.411 e. The lowest BCUT2D eigenvalue weighted by molar-refractivity contribution is 0.209. The molecule has 0 saturated carbocycles. The summed E-state index contributed by atoms with van der Waals surface area (Å²) in [6, 6.07) is 0. The highest BCUT2D eigenvalue weighted by Crippen LogP contribution is 1.89. The lowest BCUT2D eigenvalue weighted by Gasteiger charge is -1.93. The molecule has 2 N–H and O–H groups in total. The number of nitrogens with one attached hydrogen (secondary N) is 1. The summed E-state index contributed by atoms with van der Waals surface area (Å²) in [7, 11) is 0. The van der Waals surface area contributed by atoms with Crippen molar-refractivity contribution in [3.8, 4) is 0 Å². The van der Waals surface area contributed by atoms with Gasteiger partial charge in [-0.15, -0.1) is 0 Å². The number of carboxylic acid groups (broad SMARTS) is 1. The van der Waals surface area contributed by atoms with Gasteiger partial charge in [0.1, 0.15) is 12.7 Å². The van der Waals surface area contributed by atoms with Gasteiger partial charge in [0.15, 0.2) is 0 Å². The van der Waals surface area contributed by atoms with Crippen molar-refractivity contribution in [1.29, 1.82) is 0 Å². The molecule has 1 aromatic heterocycles. The minimum Gasteiger partial charge on any atom is -0.465 e. The summed E-state index contributed by atoms with van der Waals surface area (Å²) in [5.74, 6) is 0.0301. The number of hydrogen-bond donors (Lipinski definition) is 2. The van der Waals surface area contributed by atoms with Crippen molar-refractivity contribution in [3.63, 3.8) is 0 Å². The average molecular weight is 140 g/mol. The average Bonchev–Trinajstić information content (AvgIpc) is 1.88. The van der Waals surface area contributed by atoms with E-state index < -0.39 is 6.09 Å². The number of hydrogen-bond acceptors (Lipinski definition) is 4. The summed E-state index contributed by atoms with van der Waals surface area (Å²) in [6.07, 6.45) is 1.22. The van der Waals surface area contributed by atoms with Gasteiger partial charge in [-0.25, -0.2) is 19.7 Å². The second kappa shape index (κ2) is 2.72. The van der Waals surface area contributed by atoms with E-state index in [1.54, 1.807) is 0 Å². The van der Waals surface area contributed by atoms with Crippen molar-refractivity contribution < 1.29 is 9.90 Å². The first-order chi connectivity index (χ1) is 4.79. The fourth-order valence-electron chi connectivity index (χ4n) is 0.399. The summed E-state index contributed by atoms with van der Waals surface area (Å²) >= 11 is 0. The number of rotatable bonds is 1. The molecule has 0 spiro atoms. The van der Waals surface area contributed by atoms with E-state index in [9.17, 15) is 4.79 Å². The van der Waals surface area contributed by atoms with Crippen molar-refractivity contribution in [2.45, 2.75) is 0 Å². The van der Waals surface area contributed by atoms with Gasteiger partial charge in [-0.3, -0.25) is 5.32 Å². The van der Waals surface area contributed by atoms with Crippen molar-refractivity contribution >= 4 is 12.0 Å². The summed E-state index contributed by atoms with van der Waals surface area (Å²) in [6.45, 7) is 0. The Morgan fingerprint density at radius 2 is 2.10 bits per heavy atom. The normalized spacial score (nSPS) is 8.80. The Balaban J connectivity index is 2.67. The SMILES string of the molecule is O=C(O)Nc1ncncn1. The highest BCUT2D eigenvalue weighted by Gasteiger charge is 1.96. The number of amides is 1. The standard InChI is InChI=1S/C4H4N4O2/c9-4(10)8-3-6-1-5-2-7-3/h1-2H,(H,9,10)(H,5,6,7,8). The smallest absolute Gasteiger partial charge is 0.411 e. The van der Waals surface area contributed by atoms with Gasteiger partial charge in [0.05, 0.1) is 0 Å².